The van der Waals surface area contributed by atoms with E-state index in [9.17, 15) is 9.59 Å². The molecule has 22 heavy (non-hydrogen) atoms. The van der Waals surface area contributed by atoms with Crippen LogP contribution in [0.5, 0.6) is 0 Å². The fraction of sp³-hybridized carbons (Fsp3) is 0.467. The molecule has 0 radical (unpaired) electrons. The lowest BCUT2D eigenvalue weighted by Crippen LogP contribution is -3.09. The lowest BCUT2D eigenvalue weighted by atomic mass is 10.2. The van der Waals surface area contributed by atoms with Crippen LogP contribution >= 0.6 is 23.2 Å². The molecule has 0 aliphatic carbocycles. The van der Waals surface area contributed by atoms with Gasteiger partial charge >= 0.3 is 6.03 Å². The molecule has 2 N–H and O–H groups in total. The van der Waals surface area contributed by atoms with Gasteiger partial charge in [0.1, 0.15) is 12.6 Å². The van der Waals surface area contributed by atoms with Crippen molar-refractivity contribution in [2.75, 3.05) is 13.7 Å². The molecule has 1 aliphatic heterocycles. The molecule has 1 aliphatic rings. The molecule has 2 atom stereocenters. The highest BCUT2D eigenvalue weighted by molar-refractivity contribution is 6.42. The van der Waals surface area contributed by atoms with Gasteiger partial charge in [0.25, 0.3) is 5.91 Å². The Hall–Kier alpha value is -1.30. The molecule has 1 saturated heterocycles. The summed E-state index contributed by atoms with van der Waals surface area (Å²) < 4.78 is 0. The van der Waals surface area contributed by atoms with Gasteiger partial charge in [-0.15, -0.1) is 0 Å². The number of nitrogens with one attached hydrogen (secondary N) is 2. The zero-order valence-electron chi connectivity index (χ0n) is 12.7. The van der Waals surface area contributed by atoms with Crippen LogP contribution in [0.1, 0.15) is 25.3 Å². The van der Waals surface area contributed by atoms with Gasteiger partial charge in [0, 0.05) is 5.56 Å². The Morgan fingerprint density at radius 3 is 2.64 bits per heavy atom. The van der Waals surface area contributed by atoms with E-state index in [1.807, 2.05) is 20.0 Å². The third-order valence-corrected chi connectivity index (χ3v) is 4.34. The summed E-state index contributed by atoms with van der Waals surface area (Å²) in [6, 6.07) is 4.76. The summed E-state index contributed by atoms with van der Waals surface area (Å²) in [6.07, 6.45) is 1.53. The van der Waals surface area contributed by atoms with Crippen molar-refractivity contribution in [3.05, 3.63) is 33.8 Å². The van der Waals surface area contributed by atoms with Gasteiger partial charge in [-0.1, -0.05) is 42.6 Å². The number of hydrogen-bond donors (Lipinski definition) is 2. The summed E-state index contributed by atoms with van der Waals surface area (Å²) in [5, 5.41) is 3.74. The Balaban J connectivity index is 1.96. The van der Waals surface area contributed by atoms with E-state index in [0.717, 1.165) is 16.9 Å². The first kappa shape index (κ1) is 17.1. The van der Waals surface area contributed by atoms with Crippen LogP contribution in [0.4, 0.5) is 4.79 Å². The quantitative estimate of drug-likeness (QED) is 0.771. The van der Waals surface area contributed by atoms with Crippen LogP contribution in [0.2, 0.25) is 10.0 Å². The summed E-state index contributed by atoms with van der Waals surface area (Å²) >= 11 is 11.9. The van der Waals surface area contributed by atoms with Crippen molar-refractivity contribution >= 4 is 35.1 Å². The maximum atomic E-state index is 12.2. The second-order valence-corrected chi connectivity index (χ2v) is 6.41. The number of halogens is 2. The second kappa shape index (κ2) is 7.31. The van der Waals surface area contributed by atoms with Crippen molar-refractivity contribution in [1.29, 1.82) is 0 Å². The Bertz CT molecular complexity index is 580. The molecule has 1 aromatic rings. The Labute approximate surface area is 140 Å². The first-order valence-electron chi connectivity index (χ1n) is 7.29. The fourth-order valence-electron chi connectivity index (χ4n) is 2.53. The molecule has 2 rings (SSSR count). The van der Waals surface area contributed by atoms with Crippen molar-refractivity contribution in [3.8, 4) is 0 Å². The summed E-state index contributed by atoms with van der Waals surface area (Å²) in [4.78, 5) is 26.4. The molecule has 5 nitrogen and oxygen atoms in total. The van der Waals surface area contributed by atoms with Crippen LogP contribution in [0.25, 0.3) is 0 Å². The highest BCUT2D eigenvalue weighted by atomic mass is 35.5. The van der Waals surface area contributed by atoms with E-state index in [-0.39, 0.29) is 18.0 Å². The van der Waals surface area contributed by atoms with E-state index in [2.05, 4.69) is 5.32 Å². The first-order valence-corrected chi connectivity index (χ1v) is 8.05. The molecule has 0 aromatic heterocycles. The van der Waals surface area contributed by atoms with Gasteiger partial charge in [0.2, 0.25) is 0 Å². The predicted molar refractivity (Wildman–Crippen MR) is 86.0 cm³/mol. The molecule has 1 fully saturated rings. The number of rotatable bonds is 6. The highest BCUT2D eigenvalue weighted by Gasteiger charge is 2.38. The smallest absolute Gasteiger partial charge is 0.326 e. The topological polar surface area (TPSA) is 53.9 Å². The monoisotopic (exact) mass is 344 g/mol. The normalized spacial score (nSPS) is 19.5. The SMILES string of the molecule is CCC[C@@H]1NC(=O)N(C[NH+](C)Cc2ccc(Cl)c(Cl)c2)C1=O. The molecule has 0 saturated carbocycles. The maximum absolute atomic E-state index is 12.2. The van der Waals surface area contributed by atoms with E-state index in [1.165, 1.54) is 4.90 Å². The molecule has 1 unspecified atom stereocenters. The van der Waals surface area contributed by atoms with Crippen molar-refractivity contribution in [2.45, 2.75) is 32.4 Å². The minimum atomic E-state index is -0.379. The molecule has 7 heteroatoms. The Morgan fingerprint density at radius 2 is 2.00 bits per heavy atom. The van der Waals surface area contributed by atoms with Gasteiger partial charge in [-0.2, -0.15) is 0 Å². The van der Waals surface area contributed by atoms with Gasteiger partial charge < -0.3 is 10.2 Å². The molecular weight excluding hydrogens is 325 g/mol. The van der Waals surface area contributed by atoms with Crippen molar-refractivity contribution < 1.29 is 14.5 Å². The number of carbonyl (C=O) groups is 2. The molecule has 3 amide bonds. The third-order valence-electron chi connectivity index (χ3n) is 3.60. The van der Waals surface area contributed by atoms with Crippen molar-refractivity contribution in [1.82, 2.24) is 10.2 Å². The van der Waals surface area contributed by atoms with Gasteiger partial charge in [-0.3, -0.25) is 4.79 Å². The fourth-order valence-corrected chi connectivity index (χ4v) is 2.86. The number of carbonyl (C=O) groups excluding carboxylic acids is 2. The molecular formula is C15H20Cl2N3O2+. The Kier molecular flexibility index (Phi) is 5.67. The van der Waals surface area contributed by atoms with Crippen LogP contribution < -0.4 is 10.2 Å². The van der Waals surface area contributed by atoms with Crippen LogP contribution in [0.15, 0.2) is 18.2 Å². The predicted octanol–water partition coefficient (Wildman–Crippen LogP) is 1.69. The highest BCUT2D eigenvalue weighted by Crippen LogP contribution is 2.22. The van der Waals surface area contributed by atoms with Gasteiger partial charge in [0.15, 0.2) is 6.67 Å². The van der Waals surface area contributed by atoms with E-state index in [4.69, 9.17) is 23.2 Å². The van der Waals surface area contributed by atoms with Crippen molar-refractivity contribution in [3.63, 3.8) is 0 Å². The molecule has 0 spiro atoms. The number of quaternary nitrogens is 1. The minimum absolute atomic E-state index is 0.139. The number of imide groups is 1. The lowest BCUT2D eigenvalue weighted by molar-refractivity contribution is -0.901. The van der Waals surface area contributed by atoms with Crippen LogP contribution in [-0.2, 0) is 11.3 Å². The third kappa shape index (κ3) is 3.91. The number of urea groups is 1. The number of nitrogens with zero attached hydrogens (tertiary/aromatic N) is 1. The second-order valence-electron chi connectivity index (χ2n) is 5.60. The van der Waals surface area contributed by atoms with E-state index >= 15 is 0 Å². The minimum Gasteiger partial charge on any atom is -0.326 e. The average Bonchev–Trinajstić information content (AvgIpc) is 2.71. The molecule has 1 heterocycles. The van der Waals surface area contributed by atoms with Crippen LogP contribution in [-0.4, -0.2) is 36.6 Å². The first-order chi connectivity index (χ1) is 10.4. The summed E-state index contributed by atoms with van der Waals surface area (Å²) in [5.41, 5.74) is 1.00. The molecule has 0 bridgehead atoms. The molecule has 1 aromatic carbocycles. The van der Waals surface area contributed by atoms with E-state index < -0.39 is 0 Å². The van der Waals surface area contributed by atoms with Gasteiger partial charge in [-0.25, -0.2) is 9.69 Å². The lowest BCUT2D eigenvalue weighted by Gasteiger charge is -2.19. The van der Waals surface area contributed by atoms with Gasteiger partial charge in [-0.05, 0) is 18.6 Å². The number of benzene rings is 1. The summed E-state index contributed by atoms with van der Waals surface area (Å²) in [7, 11) is 1.93. The Morgan fingerprint density at radius 1 is 1.27 bits per heavy atom. The number of hydrogen-bond acceptors (Lipinski definition) is 2. The van der Waals surface area contributed by atoms with Gasteiger partial charge in [0.05, 0.1) is 17.1 Å². The largest absolute Gasteiger partial charge is 0.329 e. The number of amides is 3. The standard InChI is InChI=1S/C15H19Cl2N3O2/c1-3-4-13-14(21)20(15(22)18-13)9-19(2)8-10-5-6-11(16)12(17)7-10/h5-7,13H,3-4,8-9H2,1-2H3,(H,18,22)/p+1/t13-/m0/s1. The maximum Gasteiger partial charge on any atom is 0.329 e. The molecule has 120 valence electrons. The summed E-state index contributed by atoms with van der Waals surface area (Å²) in [6.45, 7) is 2.96. The van der Waals surface area contributed by atoms with Crippen LogP contribution in [0, 0.1) is 0 Å². The van der Waals surface area contributed by atoms with E-state index in [0.29, 0.717) is 29.7 Å². The average molecular weight is 345 g/mol. The zero-order valence-corrected chi connectivity index (χ0v) is 14.2. The summed E-state index contributed by atoms with van der Waals surface area (Å²) in [5.74, 6) is -0.139. The van der Waals surface area contributed by atoms with E-state index in [1.54, 1.807) is 12.1 Å². The van der Waals surface area contributed by atoms with Crippen molar-refractivity contribution in [2.24, 2.45) is 0 Å². The zero-order chi connectivity index (χ0) is 16.3. The van der Waals surface area contributed by atoms with Crippen LogP contribution in [0.3, 0.4) is 0 Å².